The van der Waals surface area contributed by atoms with Crippen LogP contribution in [0.4, 0.5) is 11.5 Å². The quantitative estimate of drug-likeness (QED) is 0.792. The molecule has 0 bridgehead atoms. The third-order valence-corrected chi connectivity index (χ3v) is 4.87. The molecule has 0 spiro atoms. The number of H-pyrrole nitrogens is 2. The fourth-order valence-electron chi connectivity index (χ4n) is 3.66. The number of carbonyl (C=O) groups excluding carboxylic acids is 1. The Kier molecular flexibility index (Phi) is 3.33. The van der Waals surface area contributed by atoms with Gasteiger partial charge in [-0.3, -0.25) is 19.8 Å². The molecule has 0 saturated heterocycles. The van der Waals surface area contributed by atoms with Gasteiger partial charge in [0.15, 0.2) is 5.78 Å². The number of aromatic nitrogens is 2. The maximum absolute atomic E-state index is 12.6. The molecule has 0 unspecified atom stereocenters. The van der Waals surface area contributed by atoms with Crippen LogP contribution in [-0.4, -0.2) is 30.1 Å². The molecule has 4 rings (SSSR count). The summed E-state index contributed by atoms with van der Waals surface area (Å²) in [5, 5.41) is 8.79. The molecule has 24 heavy (non-hydrogen) atoms. The Morgan fingerprint density at radius 2 is 1.79 bits per heavy atom. The summed E-state index contributed by atoms with van der Waals surface area (Å²) < 4.78 is 0. The lowest BCUT2D eigenvalue weighted by Crippen LogP contribution is -2.29. The smallest absolute Gasteiger partial charge is 0.270 e. The first-order valence-electron chi connectivity index (χ1n) is 8.17. The number of anilines is 2. The van der Waals surface area contributed by atoms with Gasteiger partial charge in [0.1, 0.15) is 5.82 Å². The van der Waals surface area contributed by atoms with E-state index >= 15 is 0 Å². The monoisotopic (exact) mass is 324 g/mol. The van der Waals surface area contributed by atoms with Gasteiger partial charge in [-0.15, -0.1) is 0 Å². The molecule has 6 nitrogen and oxygen atoms in total. The van der Waals surface area contributed by atoms with Crippen molar-refractivity contribution >= 4 is 17.3 Å². The maximum Gasteiger partial charge on any atom is 0.270 e. The van der Waals surface area contributed by atoms with Crippen molar-refractivity contribution < 1.29 is 4.79 Å². The Labute approximate surface area is 139 Å². The average Bonchev–Trinajstić information content (AvgIpc) is 2.94. The van der Waals surface area contributed by atoms with Gasteiger partial charge in [-0.25, -0.2) is 0 Å². The van der Waals surface area contributed by atoms with Crippen molar-refractivity contribution in [2.24, 2.45) is 0 Å². The molecule has 0 saturated carbocycles. The molecule has 2 heterocycles. The molecule has 1 atom stereocenters. The summed E-state index contributed by atoms with van der Waals surface area (Å²) >= 11 is 0. The van der Waals surface area contributed by atoms with E-state index in [1.54, 1.807) is 0 Å². The van der Waals surface area contributed by atoms with Crippen LogP contribution in [-0.2, 0) is 4.79 Å². The molecule has 6 heteroatoms. The fourth-order valence-corrected chi connectivity index (χ4v) is 3.66. The molecule has 1 aromatic carbocycles. The van der Waals surface area contributed by atoms with Gasteiger partial charge in [0.2, 0.25) is 0 Å². The number of benzene rings is 1. The number of fused-ring (bicyclic) bond motifs is 1. The first kappa shape index (κ1) is 14.8. The number of hydrogen-bond acceptors (Lipinski definition) is 4. The molecule has 1 aliphatic carbocycles. The van der Waals surface area contributed by atoms with Crippen LogP contribution >= 0.6 is 0 Å². The standard InChI is InChI=1S/C18H20N4O2/c1-22(2)11-8-6-10(7-9-11)14-15-12(4-3-5-13(15)23)19-17-16(14)18(24)21-20-17/h6-9,14H,3-5H2,1-2H3,(H3,19,20,21,24)/t14-/m1/s1. The Bertz CT molecular complexity index is 886. The van der Waals surface area contributed by atoms with E-state index in [1.807, 2.05) is 43.3 Å². The molecular formula is C18H20N4O2. The Morgan fingerprint density at radius 1 is 1.04 bits per heavy atom. The van der Waals surface area contributed by atoms with Crippen molar-refractivity contribution in [3.8, 4) is 0 Å². The van der Waals surface area contributed by atoms with Crippen LogP contribution in [0, 0.1) is 0 Å². The maximum atomic E-state index is 12.6. The first-order chi connectivity index (χ1) is 11.6. The fraction of sp³-hybridized carbons (Fsp3) is 0.333. The van der Waals surface area contributed by atoms with Gasteiger partial charge < -0.3 is 10.2 Å². The molecule has 1 aromatic heterocycles. The minimum Gasteiger partial charge on any atom is -0.378 e. The summed E-state index contributed by atoms with van der Waals surface area (Å²) in [5.74, 6) is 0.502. The van der Waals surface area contributed by atoms with E-state index in [4.69, 9.17) is 0 Å². The van der Waals surface area contributed by atoms with E-state index in [9.17, 15) is 9.59 Å². The Hall–Kier alpha value is -2.76. The topological polar surface area (TPSA) is 81.0 Å². The van der Waals surface area contributed by atoms with Gasteiger partial charge in [-0.1, -0.05) is 12.1 Å². The van der Waals surface area contributed by atoms with Crippen LogP contribution in [0.25, 0.3) is 0 Å². The SMILES string of the molecule is CN(C)c1ccc([C@@H]2C3=C(CCCC3=O)Nc3[nH][nH]c(=O)c32)cc1. The van der Waals surface area contributed by atoms with E-state index in [-0.39, 0.29) is 17.3 Å². The van der Waals surface area contributed by atoms with Gasteiger partial charge in [0, 0.05) is 43.4 Å². The Morgan fingerprint density at radius 3 is 2.50 bits per heavy atom. The number of ketones is 1. The lowest BCUT2D eigenvalue weighted by atomic mass is 9.77. The number of aromatic amines is 2. The molecular weight excluding hydrogens is 304 g/mol. The highest BCUT2D eigenvalue weighted by molar-refractivity contribution is 6.00. The summed E-state index contributed by atoms with van der Waals surface area (Å²) in [6.45, 7) is 0. The van der Waals surface area contributed by atoms with Crippen molar-refractivity contribution in [2.75, 3.05) is 24.3 Å². The van der Waals surface area contributed by atoms with Crippen LogP contribution in [0.15, 0.2) is 40.3 Å². The van der Waals surface area contributed by atoms with E-state index in [1.165, 1.54) is 0 Å². The minimum atomic E-state index is -0.310. The number of carbonyl (C=O) groups is 1. The van der Waals surface area contributed by atoms with Crippen LogP contribution in [0.2, 0.25) is 0 Å². The van der Waals surface area contributed by atoms with Crippen molar-refractivity contribution in [3.05, 3.63) is 57.0 Å². The summed E-state index contributed by atoms with van der Waals surface area (Å²) in [7, 11) is 3.97. The molecule has 124 valence electrons. The molecule has 0 radical (unpaired) electrons. The second-order valence-corrected chi connectivity index (χ2v) is 6.58. The zero-order chi connectivity index (χ0) is 16.8. The van der Waals surface area contributed by atoms with Crippen molar-refractivity contribution in [2.45, 2.75) is 25.2 Å². The molecule has 1 aliphatic heterocycles. The van der Waals surface area contributed by atoms with Crippen LogP contribution in [0.1, 0.15) is 36.3 Å². The highest BCUT2D eigenvalue weighted by atomic mass is 16.1. The lowest BCUT2D eigenvalue weighted by Gasteiger charge is -2.31. The predicted molar refractivity (Wildman–Crippen MR) is 93.5 cm³/mol. The number of hydrogen-bond donors (Lipinski definition) is 3. The molecule has 2 aliphatic rings. The summed E-state index contributed by atoms with van der Waals surface area (Å²) in [6, 6.07) is 8.05. The predicted octanol–water partition coefficient (Wildman–Crippen LogP) is 2.33. The minimum absolute atomic E-state index is 0.136. The summed E-state index contributed by atoms with van der Waals surface area (Å²) in [4.78, 5) is 27.0. The van der Waals surface area contributed by atoms with E-state index in [0.29, 0.717) is 17.8 Å². The normalized spacial score (nSPS) is 19.6. The largest absolute Gasteiger partial charge is 0.378 e. The Balaban J connectivity index is 1.89. The summed E-state index contributed by atoms with van der Waals surface area (Å²) in [6.07, 6.45) is 2.23. The van der Waals surface area contributed by atoms with Gasteiger partial charge >= 0.3 is 0 Å². The third kappa shape index (κ3) is 2.18. The van der Waals surface area contributed by atoms with Gasteiger partial charge in [0.25, 0.3) is 5.56 Å². The molecule has 2 aromatic rings. The summed E-state index contributed by atoms with van der Waals surface area (Å²) in [5.41, 5.74) is 4.16. The van der Waals surface area contributed by atoms with E-state index in [2.05, 4.69) is 15.5 Å². The number of nitrogens with one attached hydrogen (secondary N) is 3. The number of rotatable bonds is 2. The van der Waals surface area contributed by atoms with Gasteiger partial charge in [-0.2, -0.15) is 0 Å². The molecule has 0 amide bonds. The number of nitrogens with zero attached hydrogens (tertiary/aromatic N) is 1. The van der Waals surface area contributed by atoms with Crippen LogP contribution in [0.3, 0.4) is 0 Å². The lowest BCUT2D eigenvalue weighted by molar-refractivity contribution is -0.116. The van der Waals surface area contributed by atoms with Crippen molar-refractivity contribution in [3.63, 3.8) is 0 Å². The highest BCUT2D eigenvalue weighted by Gasteiger charge is 2.37. The second-order valence-electron chi connectivity index (χ2n) is 6.58. The molecule has 0 fully saturated rings. The van der Waals surface area contributed by atoms with E-state index < -0.39 is 0 Å². The molecule has 3 N–H and O–H groups in total. The van der Waals surface area contributed by atoms with Crippen LogP contribution < -0.4 is 15.8 Å². The average molecular weight is 324 g/mol. The van der Waals surface area contributed by atoms with Gasteiger partial charge in [0.05, 0.1) is 5.56 Å². The zero-order valence-corrected chi connectivity index (χ0v) is 13.8. The zero-order valence-electron chi connectivity index (χ0n) is 13.8. The number of Topliss-reactive ketones (excluding diaryl/α,β-unsaturated/α-hetero) is 1. The first-order valence-corrected chi connectivity index (χ1v) is 8.17. The van der Waals surface area contributed by atoms with Crippen molar-refractivity contribution in [1.82, 2.24) is 10.2 Å². The third-order valence-electron chi connectivity index (χ3n) is 4.87. The highest BCUT2D eigenvalue weighted by Crippen LogP contribution is 2.43. The van der Waals surface area contributed by atoms with Crippen LogP contribution in [0.5, 0.6) is 0 Å². The van der Waals surface area contributed by atoms with Crippen molar-refractivity contribution in [1.29, 1.82) is 0 Å². The number of allylic oxidation sites excluding steroid dienone is 2. The second kappa shape index (κ2) is 5.40. The van der Waals surface area contributed by atoms with E-state index in [0.717, 1.165) is 35.4 Å². The van der Waals surface area contributed by atoms with Gasteiger partial charge in [-0.05, 0) is 30.5 Å².